The van der Waals surface area contributed by atoms with Crippen LogP contribution in [0.4, 0.5) is 0 Å². The van der Waals surface area contributed by atoms with Gasteiger partial charge >= 0.3 is 5.97 Å². The van der Waals surface area contributed by atoms with Gasteiger partial charge in [-0.15, -0.1) is 0 Å². The van der Waals surface area contributed by atoms with Gasteiger partial charge in [0.05, 0.1) is 0 Å². The third-order valence-electron chi connectivity index (χ3n) is 3.61. The number of allylic oxidation sites excluding steroid dienone is 2. The van der Waals surface area contributed by atoms with Crippen molar-refractivity contribution >= 4 is 5.97 Å². The van der Waals surface area contributed by atoms with E-state index >= 15 is 0 Å². The number of unbranched alkanes of at least 4 members (excludes halogenated alkanes) is 8. The van der Waals surface area contributed by atoms with Gasteiger partial charge in [-0.05, 0) is 32.1 Å². The monoisotopic (exact) mass is 328 g/mol. The molecule has 0 aromatic carbocycles. The van der Waals surface area contributed by atoms with Crippen LogP contribution in [-0.4, -0.2) is 22.4 Å². The van der Waals surface area contributed by atoms with E-state index in [1.807, 2.05) is 6.08 Å². The number of carbonyl (C=O) groups is 1. The van der Waals surface area contributed by atoms with Gasteiger partial charge < -0.3 is 5.11 Å². The molecule has 0 saturated carbocycles. The largest absolute Gasteiger partial charge is 0.478 e. The van der Waals surface area contributed by atoms with Crippen LogP contribution in [0.1, 0.15) is 77.6 Å². The van der Waals surface area contributed by atoms with Crippen LogP contribution in [0.2, 0.25) is 0 Å². The van der Waals surface area contributed by atoms with Crippen molar-refractivity contribution in [3.8, 4) is 0 Å². The molecule has 0 aliphatic heterocycles. The number of hydrogen-bond acceptors (Lipinski definition) is 4. The highest BCUT2D eigenvalue weighted by atomic mass is 17.5. The number of carboxylic acids is 1. The lowest BCUT2D eigenvalue weighted by Crippen LogP contribution is -2.09. The normalized spacial score (nSPS) is 13.1. The fourth-order valence-electron chi connectivity index (χ4n) is 2.31. The standard InChI is InChI=1S/C18H32O5/c1-2-3-4-5-6-8-11-14-17(22-23-21)15-12-9-7-10-13-16-18(19)20/h11,13-14,16-17,21H,2-10,12,15H2,1H3,(H,19,20). The van der Waals surface area contributed by atoms with Crippen molar-refractivity contribution in [2.24, 2.45) is 0 Å². The molecule has 0 aliphatic rings. The maximum Gasteiger partial charge on any atom is 0.327 e. The quantitative estimate of drug-likeness (QED) is 0.132. The molecule has 23 heavy (non-hydrogen) atoms. The summed E-state index contributed by atoms with van der Waals surface area (Å²) >= 11 is 0. The molecule has 0 aliphatic carbocycles. The van der Waals surface area contributed by atoms with Crippen LogP contribution >= 0.6 is 0 Å². The van der Waals surface area contributed by atoms with Crippen molar-refractivity contribution in [2.75, 3.05) is 0 Å². The molecule has 1 unspecified atom stereocenters. The first-order valence-corrected chi connectivity index (χ1v) is 8.73. The topological polar surface area (TPSA) is 76.0 Å². The molecule has 0 spiro atoms. The SMILES string of the molecule is CCCCCCCC=CC(CCCCCC=CC(=O)O)OOO. The van der Waals surface area contributed by atoms with Crippen molar-refractivity contribution < 1.29 is 25.1 Å². The Labute approximate surface area is 139 Å². The zero-order valence-electron chi connectivity index (χ0n) is 14.3. The van der Waals surface area contributed by atoms with Gasteiger partial charge in [0.25, 0.3) is 0 Å². The lowest BCUT2D eigenvalue weighted by Gasteiger charge is -2.09. The molecule has 2 N–H and O–H groups in total. The van der Waals surface area contributed by atoms with Gasteiger partial charge in [0, 0.05) is 6.08 Å². The van der Waals surface area contributed by atoms with E-state index in [9.17, 15) is 4.79 Å². The van der Waals surface area contributed by atoms with Gasteiger partial charge in [-0.2, -0.15) is 4.89 Å². The zero-order chi connectivity index (χ0) is 17.2. The molecule has 0 radical (unpaired) electrons. The maximum absolute atomic E-state index is 10.3. The molecule has 0 aromatic rings. The second kappa shape index (κ2) is 17.2. The van der Waals surface area contributed by atoms with E-state index in [-0.39, 0.29) is 6.10 Å². The Morgan fingerprint density at radius 2 is 1.65 bits per heavy atom. The lowest BCUT2D eigenvalue weighted by molar-refractivity contribution is -0.501. The first-order chi connectivity index (χ1) is 11.2. The number of rotatable bonds is 16. The fourth-order valence-corrected chi connectivity index (χ4v) is 2.31. The Kier molecular flexibility index (Phi) is 16.3. The van der Waals surface area contributed by atoms with Gasteiger partial charge in [0.1, 0.15) is 6.10 Å². The second-order valence-electron chi connectivity index (χ2n) is 5.72. The first kappa shape index (κ1) is 21.8. The van der Waals surface area contributed by atoms with E-state index in [0.717, 1.165) is 38.5 Å². The van der Waals surface area contributed by atoms with Crippen molar-refractivity contribution in [3.63, 3.8) is 0 Å². The fraction of sp³-hybridized carbons (Fsp3) is 0.722. The summed E-state index contributed by atoms with van der Waals surface area (Å²) in [6.45, 7) is 2.21. The number of carboxylic acid groups (broad SMARTS) is 1. The maximum atomic E-state index is 10.3. The van der Waals surface area contributed by atoms with Crippen molar-refractivity contribution in [3.05, 3.63) is 24.3 Å². The van der Waals surface area contributed by atoms with E-state index in [2.05, 4.69) is 18.0 Å². The number of aliphatic carboxylic acids is 1. The average molecular weight is 328 g/mol. The van der Waals surface area contributed by atoms with Crippen molar-refractivity contribution in [2.45, 2.75) is 83.7 Å². The van der Waals surface area contributed by atoms with Crippen molar-refractivity contribution in [1.29, 1.82) is 0 Å². The lowest BCUT2D eigenvalue weighted by atomic mass is 10.1. The summed E-state index contributed by atoms with van der Waals surface area (Å²) in [5, 5.41) is 20.7. The molecule has 5 nitrogen and oxygen atoms in total. The van der Waals surface area contributed by atoms with E-state index in [1.165, 1.54) is 38.2 Å². The van der Waals surface area contributed by atoms with Gasteiger partial charge in [-0.25, -0.2) is 10.1 Å². The Morgan fingerprint density at radius 1 is 1.00 bits per heavy atom. The van der Waals surface area contributed by atoms with Crippen LogP contribution in [0.3, 0.4) is 0 Å². The van der Waals surface area contributed by atoms with Crippen molar-refractivity contribution in [1.82, 2.24) is 0 Å². The molecule has 0 fully saturated rings. The third kappa shape index (κ3) is 17.0. The van der Waals surface area contributed by atoms with E-state index in [1.54, 1.807) is 6.08 Å². The van der Waals surface area contributed by atoms with Crippen LogP contribution in [-0.2, 0) is 14.7 Å². The average Bonchev–Trinajstić information content (AvgIpc) is 2.52. The molecule has 5 heteroatoms. The van der Waals surface area contributed by atoms with E-state index in [0.29, 0.717) is 0 Å². The molecule has 0 aromatic heterocycles. The highest BCUT2D eigenvalue weighted by Crippen LogP contribution is 2.12. The van der Waals surface area contributed by atoms with Crippen LogP contribution < -0.4 is 0 Å². The third-order valence-corrected chi connectivity index (χ3v) is 3.61. The smallest absolute Gasteiger partial charge is 0.327 e. The Bertz CT molecular complexity index is 325. The Balaban J connectivity index is 3.70. The molecule has 0 rings (SSSR count). The van der Waals surface area contributed by atoms with E-state index < -0.39 is 5.97 Å². The Hall–Kier alpha value is -1.17. The highest BCUT2D eigenvalue weighted by Gasteiger charge is 2.05. The first-order valence-electron chi connectivity index (χ1n) is 8.73. The van der Waals surface area contributed by atoms with Crippen LogP contribution in [0, 0.1) is 0 Å². The van der Waals surface area contributed by atoms with Crippen LogP contribution in [0.25, 0.3) is 0 Å². The number of hydrogen-bond donors (Lipinski definition) is 2. The zero-order valence-corrected chi connectivity index (χ0v) is 14.3. The molecule has 0 amide bonds. The molecule has 0 heterocycles. The van der Waals surface area contributed by atoms with Crippen LogP contribution in [0.15, 0.2) is 24.3 Å². The molecule has 0 saturated heterocycles. The summed E-state index contributed by atoms with van der Waals surface area (Å²) in [6.07, 6.45) is 18.4. The molecule has 1 atom stereocenters. The van der Waals surface area contributed by atoms with E-state index in [4.69, 9.17) is 15.3 Å². The predicted octanol–water partition coefficient (Wildman–Crippen LogP) is 5.28. The summed E-state index contributed by atoms with van der Waals surface area (Å²) in [4.78, 5) is 15.1. The minimum absolute atomic E-state index is 0.231. The predicted molar refractivity (Wildman–Crippen MR) is 91.0 cm³/mol. The van der Waals surface area contributed by atoms with Gasteiger partial charge in [0.15, 0.2) is 0 Å². The van der Waals surface area contributed by atoms with Crippen LogP contribution in [0.5, 0.6) is 0 Å². The van der Waals surface area contributed by atoms with Gasteiger partial charge in [0.2, 0.25) is 0 Å². The van der Waals surface area contributed by atoms with Gasteiger partial charge in [-0.1, -0.05) is 68.7 Å². The highest BCUT2D eigenvalue weighted by molar-refractivity contribution is 5.79. The molecule has 134 valence electrons. The summed E-state index contributed by atoms with van der Waals surface area (Å²) in [7, 11) is 0. The minimum atomic E-state index is -0.904. The molecule has 0 bridgehead atoms. The molecular weight excluding hydrogens is 296 g/mol. The minimum Gasteiger partial charge on any atom is -0.478 e. The summed E-state index contributed by atoms with van der Waals surface area (Å²) in [6, 6.07) is 0. The summed E-state index contributed by atoms with van der Waals surface area (Å²) < 4.78 is 0. The Morgan fingerprint density at radius 3 is 2.30 bits per heavy atom. The summed E-state index contributed by atoms with van der Waals surface area (Å²) in [5.41, 5.74) is 0. The molecular formula is C18H32O5. The van der Waals surface area contributed by atoms with Gasteiger partial charge in [-0.3, -0.25) is 0 Å². The summed E-state index contributed by atoms with van der Waals surface area (Å²) in [5.74, 6) is -0.904. The second-order valence-corrected chi connectivity index (χ2v) is 5.72.